The molecule has 1 aliphatic heterocycles. The lowest BCUT2D eigenvalue weighted by molar-refractivity contribution is 0.669. The van der Waals surface area contributed by atoms with E-state index in [1.54, 1.807) is 0 Å². The number of benzene rings is 8. The molecule has 10 aromatic rings. The zero-order valence-corrected chi connectivity index (χ0v) is 31.1. The molecule has 0 unspecified atom stereocenters. The van der Waals surface area contributed by atoms with Crippen molar-refractivity contribution in [3.05, 3.63) is 241 Å². The van der Waals surface area contributed by atoms with Crippen LogP contribution in [-0.4, -0.2) is 4.98 Å². The van der Waals surface area contributed by atoms with Gasteiger partial charge in [0.15, 0.2) is 0 Å². The molecule has 0 N–H and O–H groups in total. The molecule has 0 radical (unpaired) electrons. The SMILES string of the molecule is c1ccc(-c2cc(-c3ccccc3)nc(N3c4ccccc4C(c4ccccc4)(c4cccc(-c5ccc6oc7ccccc7c6c5)c4)c4ccccc43)c2)cc1. The molecule has 0 saturated heterocycles. The molecule has 2 aromatic heterocycles. The van der Waals surface area contributed by atoms with Crippen LogP contribution >= 0.6 is 0 Å². The van der Waals surface area contributed by atoms with Gasteiger partial charge in [-0.2, -0.15) is 0 Å². The smallest absolute Gasteiger partial charge is 0.138 e. The normalized spacial score (nSPS) is 13.0. The van der Waals surface area contributed by atoms with Gasteiger partial charge in [-0.3, -0.25) is 4.90 Å². The van der Waals surface area contributed by atoms with Gasteiger partial charge in [-0.15, -0.1) is 0 Å². The summed E-state index contributed by atoms with van der Waals surface area (Å²) >= 11 is 0. The first-order valence-electron chi connectivity index (χ1n) is 19.5. The average molecular weight is 729 g/mol. The van der Waals surface area contributed by atoms with Gasteiger partial charge < -0.3 is 4.42 Å². The largest absolute Gasteiger partial charge is 0.456 e. The lowest BCUT2D eigenvalue weighted by Gasteiger charge is -2.46. The molecule has 0 fully saturated rings. The number of rotatable bonds is 6. The Balaban J connectivity index is 1.16. The van der Waals surface area contributed by atoms with Gasteiger partial charge in [0, 0.05) is 16.3 Å². The first-order valence-corrected chi connectivity index (χ1v) is 19.5. The molecule has 268 valence electrons. The van der Waals surface area contributed by atoms with Crippen molar-refractivity contribution in [2.75, 3.05) is 4.90 Å². The summed E-state index contributed by atoms with van der Waals surface area (Å²) in [5.41, 5.74) is 14.7. The molecule has 0 amide bonds. The molecule has 3 heterocycles. The number of para-hydroxylation sites is 3. The molecule has 0 atom stereocenters. The van der Waals surface area contributed by atoms with Crippen LogP contribution in [0.25, 0.3) is 55.4 Å². The molecule has 1 aliphatic rings. The third-order valence-electron chi connectivity index (χ3n) is 11.5. The van der Waals surface area contributed by atoms with Crippen LogP contribution in [0, 0.1) is 0 Å². The number of pyridine rings is 1. The van der Waals surface area contributed by atoms with Gasteiger partial charge >= 0.3 is 0 Å². The molecular formula is C54H36N2O. The summed E-state index contributed by atoms with van der Waals surface area (Å²) in [6, 6.07) is 78.3. The van der Waals surface area contributed by atoms with E-state index in [9.17, 15) is 0 Å². The van der Waals surface area contributed by atoms with Gasteiger partial charge in [-0.05, 0) is 93.0 Å². The predicted molar refractivity (Wildman–Crippen MR) is 234 cm³/mol. The van der Waals surface area contributed by atoms with Crippen LogP contribution in [0.2, 0.25) is 0 Å². The summed E-state index contributed by atoms with van der Waals surface area (Å²) in [5.74, 6) is 0.867. The molecule has 0 saturated carbocycles. The van der Waals surface area contributed by atoms with E-state index >= 15 is 0 Å². The van der Waals surface area contributed by atoms with Gasteiger partial charge in [-0.1, -0.05) is 170 Å². The third-order valence-corrected chi connectivity index (χ3v) is 11.5. The molecule has 3 heteroatoms. The molecule has 11 rings (SSSR count). The Bertz CT molecular complexity index is 2970. The van der Waals surface area contributed by atoms with E-state index in [1.807, 2.05) is 12.1 Å². The Labute approximate surface area is 331 Å². The van der Waals surface area contributed by atoms with E-state index in [4.69, 9.17) is 9.40 Å². The lowest BCUT2D eigenvalue weighted by Crippen LogP contribution is -2.38. The topological polar surface area (TPSA) is 29.3 Å². The highest BCUT2D eigenvalue weighted by Gasteiger charge is 2.46. The van der Waals surface area contributed by atoms with Gasteiger partial charge in [0.1, 0.15) is 17.0 Å². The standard InChI is InChI=1S/C54H36N2O/c1-4-17-37(18-5-1)41-35-48(38-19-6-2-7-20-38)55-53(36-41)56-49-28-13-11-26-46(49)54(42-22-8-3-9-23-42,47-27-12-14-29-50(47)56)43-24-16-21-39(33-43)40-31-32-52-45(34-40)44-25-10-15-30-51(44)57-52/h1-36H. The maximum atomic E-state index is 6.22. The van der Waals surface area contributed by atoms with E-state index in [0.717, 1.165) is 72.6 Å². The Kier molecular flexibility index (Phi) is 7.71. The number of hydrogen-bond donors (Lipinski definition) is 0. The number of furan rings is 1. The molecule has 8 aromatic carbocycles. The van der Waals surface area contributed by atoms with Crippen LogP contribution in [0.1, 0.15) is 22.3 Å². The van der Waals surface area contributed by atoms with Gasteiger partial charge in [0.05, 0.1) is 22.5 Å². The van der Waals surface area contributed by atoms with Crippen molar-refractivity contribution in [3.8, 4) is 33.5 Å². The zero-order chi connectivity index (χ0) is 37.8. The third kappa shape index (κ3) is 5.32. The molecule has 3 nitrogen and oxygen atoms in total. The minimum absolute atomic E-state index is 0.646. The van der Waals surface area contributed by atoms with Crippen LogP contribution in [-0.2, 0) is 5.41 Å². The fourth-order valence-corrected chi connectivity index (χ4v) is 8.99. The van der Waals surface area contributed by atoms with E-state index in [2.05, 4.69) is 211 Å². The highest BCUT2D eigenvalue weighted by Crippen LogP contribution is 2.58. The van der Waals surface area contributed by atoms with Crippen molar-refractivity contribution in [2.45, 2.75) is 5.41 Å². The lowest BCUT2D eigenvalue weighted by atomic mass is 9.62. The molecule has 57 heavy (non-hydrogen) atoms. The molecule has 0 aliphatic carbocycles. The first-order chi connectivity index (χ1) is 28.3. The van der Waals surface area contributed by atoms with Crippen molar-refractivity contribution >= 4 is 39.1 Å². The number of anilines is 3. The summed E-state index contributed by atoms with van der Waals surface area (Å²) < 4.78 is 6.22. The second-order valence-electron chi connectivity index (χ2n) is 14.7. The Hall–Kier alpha value is -7.49. The first kappa shape index (κ1) is 32.9. The summed E-state index contributed by atoms with van der Waals surface area (Å²) in [7, 11) is 0. The van der Waals surface area contributed by atoms with Gasteiger partial charge in [-0.25, -0.2) is 4.98 Å². The van der Waals surface area contributed by atoms with Crippen molar-refractivity contribution in [1.29, 1.82) is 0 Å². The van der Waals surface area contributed by atoms with E-state index in [-0.39, 0.29) is 0 Å². The highest BCUT2D eigenvalue weighted by atomic mass is 16.3. The number of aromatic nitrogens is 1. The maximum absolute atomic E-state index is 6.22. The van der Waals surface area contributed by atoms with E-state index < -0.39 is 5.41 Å². The molecule has 0 bridgehead atoms. The van der Waals surface area contributed by atoms with Crippen molar-refractivity contribution in [1.82, 2.24) is 4.98 Å². The van der Waals surface area contributed by atoms with Crippen LogP contribution in [0.4, 0.5) is 17.2 Å². The quantitative estimate of drug-likeness (QED) is 0.171. The number of hydrogen-bond acceptors (Lipinski definition) is 3. The number of fused-ring (bicyclic) bond motifs is 5. The van der Waals surface area contributed by atoms with Crippen LogP contribution in [0.3, 0.4) is 0 Å². The fraction of sp³-hybridized carbons (Fsp3) is 0.0185. The summed E-state index contributed by atoms with van der Waals surface area (Å²) in [4.78, 5) is 7.83. The summed E-state index contributed by atoms with van der Waals surface area (Å²) in [6.07, 6.45) is 0. The second-order valence-corrected chi connectivity index (χ2v) is 14.7. The van der Waals surface area contributed by atoms with Gasteiger partial charge in [0.2, 0.25) is 0 Å². The maximum Gasteiger partial charge on any atom is 0.138 e. The van der Waals surface area contributed by atoms with E-state index in [1.165, 1.54) is 22.3 Å². The van der Waals surface area contributed by atoms with E-state index in [0.29, 0.717) is 0 Å². The van der Waals surface area contributed by atoms with Crippen molar-refractivity contribution in [2.24, 2.45) is 0 Å². The highest BCUT2D eigenvalue weighted by molar-refractivity contribution is 6.06. The predicted octanol–water partition coefficient (Wildman–Crippen LogP) is 14.1. The minimum atomic E-state index is -0.646. The molecular weight excluding hydrogens is 693 g/mol. The minimum Gasteiger partial charge on any atom is -0.456 e. The second kappa shape index (κ2) is 13.4. The fourth-order valence-electron chi connectivity index (χ4n) is 8.99. The van der Waals surface area contributed by atoms with Crippen LogP contribution in [0.15, 0.2) is 223 Å². The van der Waals surface area contributed by atoms with Gasteiger partial charge in [0.25, 0.3) is 0 Å². The van der Waals surface area contributed by atoms with Crippen LogP contribution in [0.5, 0.6) is 0 Å². The Morgan fingerprint density at radius 3 is 1.67 bits per heavy atom. The Morgan fingerprint density at radius 2 is 0.930 bits per heavy atom. The summed E-state index contributed by atoms with van der Waals surface area (Å²) in [5, 5.41) is 2.25. The van der Waals surface area contributed by atoms with Crippen LogP contribution < -0.4 is 4.90 Å². The Morgan fingerprint density at radius 1 is 0.368 bits per heavy atom. The zero-order valence-electron chi connectivity index (χ0n) is 31.1. The monoisotopic (exact) mass is 728 g/mol. The van der Waals surface area contributed by atoms with Crippen molar-refractivity contribution in [3.63, 3.8) is 0 Å². The average Bonchev–Trinajstić information content (AvgIpc) is 3.67. The number of nitrogens with zero attached hydrogens (tertiary/aromatic N) is 2. The molecule has 0 spiro atoms. The summed E-state index contributed by atoms with van der Waals surface area (Å²) in [6.45, 7) is 0. The van der Waals surface area contributed by atoms with Crippen molar-refractivity contribution < 1.29 is 4.42 Å².